The van der Waals surface area contributed by atoms with E-state index in [1.54, 1.807) is 9.91 Å². The standard InChI is InChI=1S/C13H19N3O2/c1-11-2-4-12(5-3-11)18-10-13(17)15-6-8-16(14)9-7-15/h2-5H,6-10,14H2,1H3. The minimum Gasteiger partial charge on any atom is -0.484 e. The first kappa shape index (κ1) is 12.9. The second-order valence-electron chi connectivity index (χ2n) is 4.52. The third-order valence-electron chi connectivity index (χ3n) is 3.05. The highest BCUT2D eigenvalue weighted by molar-refractivity contribution is 5.77. The van der Waals surface area contributed by atoms with E-state index in [4.69, 9.17) is 10.6 Å². The molecule has 0 unspecified atom stereocenters. The van der Waals surface area contributed by atoms with Gasteiger partial charge in [-0.2, -0.15) is 0 Å². The monoisotopic (exact) mass is 249 g/mol. The first-order chi connectivity index (χ1) is 8.65. The van der Waals surface area contributed by atoms with Gasteiger partial charge in [-0.3, -0.25) is 10.6 Å². The molecule has 0 aliphatic carbocycles. The number of nitrogens with zero attached hydrogens (tertiary/aromatic N) is 2. The summed E-state index contributed by atoms with van der Waals surface area (Å²) in [5.41, 5.74) is 1.17. The van der Waals surface area contributed by atoms with Crippen LogP contribution in [0.3, 0.4) is 0 Å². The highest BCUT2D eigenvalue weighted by Gasteiger charge is 2.19. The second-order valence-corrected chi connectivity index (χ2v) is 4.52. The molecule has 1 aromatic rings. The number of carbonyl (C=O) groups excluding carboxylic acids is 1. The number of amides is 1. The van der Waals surface area contributed by atoms with E-state index in [-0.39, 0.29) is 12.5 Å². The molecule has 0 saturated carbocycles. The van der Waals surface area contributed by atoms with E-state index in [1.165, 1.54) is 5.56 Å². The molecule has 1 aromatic carbocycles. The van der Waals surface area contributed by atoms with Crippen LogP contribution in [0.4, 0.5) is 0 Å². The van der Waals surface area contributed by atoms with Crippen LogP contribution in [0.25, 0.3) is 0 Å². The topological polar surface area (TPSA) is 58.8 Å². The second kappa shape index (κ2) is 5.84. The number of benzene rings is 1. The molecule has 5 nitrogen and oxygen atoms in total. The number of piperazine rings is 1. The molecule has 18 heavy (non-hydrogen) atoms. The molecule has 0 spiro atoms. The van der Waals surface area contributed by atoms with Crippen LogP contribution in [0.1, 0.15) is 5.56 Å². The Bertz CT molecular complexity index is 397. The van der Waals surface area contributed by atoms with Gasteiger partial charge in [0.1, 0.15) is 5.75 Å². The normalized spacial score (nSPS) is 16.7. The number of aryl methyl sites for hydroxylation is 1. The van der Waals surface area contributed by atoms with Gasteiger partial charge in [0.15, 0.2) is 6.61 Å². The van der Waals surface area contributed by atoms with Crippen molar-refractivity contribution in [1.29, 1.82) is 0 Å². The van der Waals surface area contributed by atoms with Crippen molar-refractivity contribution < 1.29 is 9.53 Å². The Balaban J connectivity index is 1.79. The fourth-order valence-electron chi connectivity index (χ4n) is 1.84. The van der Waals surface area contributed by atoms with Gasteiger partial charge in [-0.05, 0) is 19.1 Å². The predicted octanol–water partition coefficient (Wildman–Crippen LogP) is 0.392. The molecule has 2 rings (SSSR count). The number of nitrogens with two attached hydrogens (primary N) is 1. The maximum Gasteiger partial charge on any atom is 0.260 e. The summed E-state index contributed by atoms with van der Waals surface area (Å²) in [4.78, 5) is 13.7. The van der Waals surface area contributed by atoms with E-state index in [0.717, 1.165) is 18.8 Å². The van der Waals surface area contributed by atoms with E-state index in [0.29, 0.717) is 13.1 Å². The molecule has 98 valence electrons. The maximum absolute atomic E-state index is 11.9. The van der Waals surface area contributed by atoms with Crippen molar-refractivity contribution in [3.63, 3.8) is 0 Å². The summed E-state index contributed by atoms with van der Waals surface area (Å²) in [6.45, 7) is 4.89. The number of hydrogen-bond donors (Lipinski definition) is 1. The molecule has 1 aliphatic rings. The van der Waals surface area contributed by atoms with Gasteiger partial charge in [0.05, 0.1) is 0 Å². The molecule has 0 radical (unpaired) electrons. The van der Waals surface area contributed by atoms with Crippen LogP contribution >= 0.6 is 0 Å². The van der Waals surface area contributed by atoms with Crippen molar-refractivity contribution in [2.24, 2.45) is 5.84 Å². The Labute approximate surface area is 107 Å². The van der Waals surface area contributed by atoms with Gasteiger partial charge >= 0.3 is 0 Å². The Morgan fingerprint density at radius 1 is 1.22 bits per heavy atom. The number of hydrogen-bond acceptors (Lipinski definition) is 4. The average molecular weight is 249 g/mol. The van der Waals surface area contributed by atoms with Crippen molar-refractivity contribution in [2.75, 3.05) is 32.8 Å². The molecule has 0 aromatic heterocycles. The molecular formula is C13H19N3O2. The largest absolute Gasteiger partial charge is 0.484 e. The highest BCUT2D eigenvalue weighted by atomic mass is 16.5. The lowest BCUT2D eigenvalue weighted by Crippen LogP contribution is -2.52. The van der Waals surface area contributed by atoms with E-state index in [9.17, 15) is 4.79 Å². The smallest absolute Gasteiger partial charge is 0.260 e. The molecule has 5 heteroatoms. The van der Waals surface area contributed by atoms with Gasteiger partial charge in [-0.1, -0.05) is 17.7 Å². The lowest BCUT2D eigenvalue weighted by atomic mass is 10.2. The summed E-state index contributed by atoms with van der Waals surface area (Å²) >= 11 is 0. The van der Waals surface area contributed by atoms with Crippen LogP contribution in [0, 0.1) is 6.92 Å². The van der Waals surface area contributed by atoms with Gasteiger partial charge < -0.3 is 9.64 Å². The molecule has 1 fully saturated rings. The van der Waals surface area contributed by atoms with Crippen LogP contribution < -0.4 is 10.6 Å². The molecule has 1 saturated heterocycles. The Kier molecular flexibility index (Phi) is 4.17. The van der Waals surface area contributed by atoms with E-state index in [1.807, 2.05) is 31.2 Å². The summed E-state index contributed by atoms with van der Waals surface area (Å²) in [5.74, 6) is 6.39. The summed E-state index contributed by atoms with van der Waals surface area (Å²) in [5, 5.41) is 1.73. The summed E-state index contributed by atoms with van der Waals surface area (Å²) in [6.07, 6.45) is 0. The molecule has 1 amide bonds. The molecular weight excluding hydrogens is 230 g/mol. The van der Waals surface area contributed by atoms with E-state index >= 15 is 0 Å². The number of ether oxygens (including phenoxy) is 1. The minimum atomic E-state index is 0.0173. The van der Waals surface area contributed by atoms with Crippen molar-refractivity contribution in [3.8, 4) is 5.75 Å². The molecule has 0 atom stereocenters. The zero-order chi connectivity index (χ0) is 13.0. The summed E-state index contributed by atoms with van der Waals surface area (Å²) in [6, 6.07) is 7.68. The zero-order valence-electron chi connectivity index (χ0n) is 10.6. The average Bonchev–Trinajstić information content (AvgIpc) is 2.38. The van der Waals surface area contributed by atoms with Gasteiger partial charge in [0.2, 0.25) is 0 Å². The fraction of sp³-hybridized carbons (Fsp3) is 0.462. The zero-order valence-corrected chi connectivity index (χ0v) is 10.6. The molecule has 0 bridgehead atoms. The van der Waals surface area contributed by atoms with Crippen molar-refractivity contribution >= 4 is 5.91 Å². The predicted molar refractivity (Wildman–Crippen MR) is 69.0 cm³/mol. The first-order valence-electron chi connectivity index (χ1n) is 6.12. The Hall–Kier alpha value is -1.59. The molecule has 1 heterocycles. The first-order valence-corrected chi connectivity index (χ1v) is 6.12. The quantitative estimate of drug-likeness (QED) is 0.787. The van der Waals surface area contributed by atoms with Crippen LogP contribution in [0.5, 0.6) is 5.75 Å². The van der Waals surface area contributed by atoms with Crippen molar-refractivity contribution in [3.05, 3.63) is 29.8 Å². The van der Waals surface area contributed by atoms with Crippen LogP contribution in [-0.2, 0) is 4.79 Å². The van der Waals surface area contributed by atoms with Crippen molar-refractivity contribution in [2.45, 2.75) is 6.92 Å². The lowest BCUT2D eigenvalue weighted by molar-refractivity contribution is -0.135. The number of rotatable bonds is 3. The fourth-order valence-corrected chi connectivity index (χ4v) is 1.84. The Morgan fingerprint density at radius 2 is 1.83 bits per heavy atom. The summed E-state index contributed by atoms with van der Waals surface area (Å²) < 4.78 is 5.47. The van der Waals surface area contributed by atoms with Crippen LogP contribution in [0.15, 0.2) is 24.3 Å². The third-order valence-corrected chi connectivity index (χ3v) is 3.05. The lowest BCUT2D eigenvalue weighted by Gasteiger charge is -2.31. The molecule has 1 aliphatic heterocycles. The minimum absolute atomic E-state index is 0.0173. The molecule has 2 N–H and O–H groups in total. The van der Waals surface area contributed by atoms with Crippen LogP contribution in [-0.4, -0.2) is 48.6 Å². The highest BCUT2D eigenvalue weighted by Crippen LogP contribution is 2.11. The van der Waals surface area contributed by atoms with Gasteiger partial charge in [-0.15, -0.1) is 0 Å². The van der Waals surface area contributed by atoms with Crippen molar-refractivity contribution in [1.82, 2.24) is 9.91 Å². The Morgan fingerprint density at radius 3 is 2.44 bits per heavy atom. The van der Waals surface area contributed by atoms with Gasteiger partial charge in [-0.25, -0.2) is 5.01 Å². The van der Waals surface area contributed by atoms with Gasteiger partial charge in [0, 0.05) is 26.2 Å². The third kappa shape index (κ3) is 3.45. The van der Waals surface area contributed by atoms with Gasteiger partial charge in [0.25, 0.3) is 5.91 Å². The number of carbonyl (C=O) groups is 1. The SMILES string of the molecule is Cc1ccc(OCC(=O)N2CCN(N)CC2)cc1. The van der Waals surface area contributed by atoms with Crippen LogP contribution in [0.2, 0.25) is 0 Å². The van der Waals surface area contributed by atoms with E-state index < -0.39 is 0 Å². The van der Waals surface area contributed by atoms with E-state index in [2.05, 4.69) is 0 Å². The maximum atomic E-state index is 11.9. The number of hydrazine groups is 1. The summed E-state index contributed by atoms with van der Waals surface area (Å²) in [7, 11) is 0.